The van der Waals surface area contributed by atoms with E-state index < -0.39 is 0 Å². The maximum absolute atomic E-state index is 12.9. The Kier molecular flexibility index (Phi) is 8.05. The Morgan fingerprint density at radius 3 is 2.49 bits per heavy atom. The average molecular weight is 512 g/mol. The van der Waals surface area contributed by atoms with Crippen LogP contribution in [0.1, 0.15) is 23.1 Å². The van der Waals surface area contributed by atoms with Crippen LogP contribution in [0.3, 0.4) is 0 Å². The van der Waals surface area contributed by atoms with Crippen LogP contribution in [0.25, 0.3) is 0 Å². The van der Waals surface area contributed by atoms with Crippen LogP contribution in [0.4, 0.5) is 5.69 Å². The Bertz CT molecular complexity index is 1180. The number of nitrogens with zero attached hydrogens (tertiary/aromatic N) is 6. The summed E-state index contributed by atoms with van der Waals surface area (Å²) in [5, 5.41) is 8.40. The van der Waals surface area contributed by atoms with Gasteiger partial charge in [0.1, 0.15) is 6.33 Å². The van der Waals surface area contributed by atoms with E-state index in [9.17, 15) is 4.79 Å². The molecule has 1 N–H and O–H groups in total. The number of hydrogen-bond acceptors (Lipinski definition) is 6. The molecule has 0 spiro atoms. The van der Waals surface area contributed by atoms with Crippen molar-refractivity contribution in [3.63, 3.8) is 0 Å². The van der Waals surface area contributed by atoms with E-state index in [-0.39, 0.29) is 17.8 Å². The zero-order valence-corrected chi connectivity index (χ0v) is 21.0. The molecule has 8 nitrogen and oxygen atoms in total. The largest absolute Gasteiger partial charge is 0.370 e. The van der Waals surface area contributed by atoms with E-state index in [1.165, 1.54) is 6.33 Å². The van der Waals surface area contributed by atoms with Crippen molar-refractivity contribution >= 4 is 34.8 Å². The van der Waals surface area contributed by atoms with Gasteiger partial charge in [0.2, 0.25) is 5.82 Å². The van der Waals surface area contributed by atoms with E-state index in [0.717, 1.165) is 43.1 Å². The van der Waals surface area contributed by atoms with E-state index in [4.69, 9.17) is 23.2 Å². The third-order valence-corrected chi connectivity index (χ3v) is 6.58. The van der Waals surface area contributed by atoms with Crippen LogP contribution in [-0.4, -0.2) is 62.8 Å². The number of hydrogen-bond donors (Lipinski definition) is 1. The Morgan fingerprint density at radius 2 is 1.83 bits per heavy atom. The molecule has 35 heavy (non-hydrogen) atoms. The molecule has 182 valence electrons. The number of aromatic nitrogens is 4. The number of amides is 1. The second-order valence-electron chi connectivity index (χ2n) is 8.17. The molecule has 10 heteroatoms. The SMILES string of the molecule is C=C/C=C(\[C@@H](C)NC(=O)c1ncn(Cc2c(Cl)cccc2Cl)n1)N1CCN(c2ccncc2)CC1. The fourth-order valence-corrected chi connectivity index (χ4v) is 4.59. The zero-order valence-electron chi connectivity index (χ0n) is 19.4. The molecule has 0 radical (unpaired) electrons. The highest BCUT2D eigenvalue weighted by Crippen LogP contribution is 2.25. The Balaban J connectivity index is 1.38. The van der Waals surface area contributed by atoms with E-state index in [1.54, 1.807) is 41.4 Å². The van der Waals surface area contributed by atoms with Crippen molar-refractivity contribution in [3.05, 3.63) is 94.9 Å². The summed E-state index contributed by atoms with van der Waals surface area (Å²) >= 11 is 12.5. The smallest absolute Gasteiger partial charge is 0.291 e. The number of anilines is 1. The Morgan fingerprint density at radius 1 is 1.14 bits per heavy atom. The molecular weight excluding hydrogens is 485 g/mol. The minimum absolute atomic E-state index is 0.0838. The normalized spacial score (nSPS) is 15.1. The third kappa shape index (κ3) is 6.01. The summed E-state index contributed by atoms with van der Waals surface area (Å²) in [6, 6.07) is 9.09. The van der Waals surface area contributed by atoms with Crippen LogP contribution in [0.2, 0.25) is 10.0 Å². The summed E-state index contributed by atoms with van der Waals surface area (Å²) in [4.78, 5) is 25.8. The van der Waals surface area contributed by atoms with Crippen molar-refractivity contribution < 1.29 is 4.79 Å². The fraction of sp³-hybridized carbons (Fsp3) is 0.280. The lowest BCUT2D eigenvalue weighted by Gasteiger charge is -2.40. The quantitative estimate of drug-likeness (QED) is 0.459. The van der Waals surface area contributed by atoms with Gasteiger partial charge in [0.05, 0.1) is 12.6 Å². The molecule has 0 bridgehead atoms. The maximum Gasteiger partial charge on any atom is 0.291 e. The number of carbonyl (C=O) groups excluding carboxylic acids is 1. The second kappa shape index (κ2) is 11.4. The van der Waals surface area contributed by atoms with Crippen molar-refractivity contribution in [2.75, 3.05) is 31.1 Å². The molecule has 0 unspecified atom stereocenters. The topological polar surface area (TPSA) is 79.2 Å². The van der Waals surface area contributed by atoms with Gasteiger partial charge in [-0.2, -0.15) is 0 Å². The van der Waals surface area contributed by atoms with Gasteiger partial charge >= 0.3 is 0 Å². The minimum atomic E-state index is -0.355. The molecule has 1 saturated heterocycles. The van der Waals surface area contributed by atoms with Crippen molar-refractivity contribution in [3.8, 4) is 0 Å². The van der Waals surface area contributed by atoms with E-state index in [1.807, 2.05) is 25.1 Å². The predicted molar refractivity (Wildman–Crippen MR) is 139 cm³/mol. The highest BCUT2D eigenvalue weighted by Gasteiger charge is 2.24. The summed E-state index contributed by atoms with van der Waals surface area (Å²) in [7, 11) is 0. The first-order chi connectivity index (χ1) is 17.0. The van der Waals surface area contributed by atoms with Gasteiger partial charge in [0, 0.05) is 65.6 Å². The number of allylic oxidation sites excluding steroid dienone is 2. The summed E-state index contributed by atoms with van der Waals surface area (Å²) in [5.41, 5.74) is 2.88. The van der Waals surface area contributed by atoms with Crippen LogP contribution in [0, 0.1) is 0 Å². The highest BCUT2D eigenvalue weighted by molar-refractivity contribution is 6.35. The van der Waals surface area contributed by atoms with Gasteiger partial charge in [-0.3, -0.25) is 9.78 Å². The first-order valence-electron chi connectivity index (χ1n) is 11.3. The van der Waals surface area contributed by atoms with Gasteiger partial charge in [-0.1, -0.05) is 41.9 Å². The van der Waals surface area contributed by atoms with Crippen LogP contribution in [0.5, 0.6) is 0 Å². The van der Waals surface area contributed by atoms with Gasteiger partial charge in [-0.05, 0) is 37.3 Å². The molecule has 1 fully saturated rings. The lowest BCUT2D eigenvalue weighted by Crippen LogP contribution is -2.49. The third-order valence-electron chi connectivity index (χ3n) is 5.87. The maximum atomic E-state index is 12.9. The van der Waals surface area contributed by atoms with Crippen LogP contribution in [-0.2, 0) is 6.54 Å². The number of pyridine rings is 1. The van der Waals surface area contributed by atoms with E-state index >= 15 is 0 Å². The monoisotopic (exact) mass is 511 g/mol. The summed E-state index contributed by atoms with van der Waals surface area (Å²) in [6.07, 6.45) is 8.80. The van der Waals surface area contributed by atoms with Gasteiger partial charge in [0.25, 0.3) is 5.91 Å². The van der Waals surface area contributed by atoms with Gasteiger partial charge in [-0.15, -0.1) is 5.10 Å². The standard InChI is InChI=1S/C25H27Cl2N7O/c1-3-5-23(33-14-12-32(13-15-33)19-8-10-28-11-9-19)18(2)30-25(35)24-29-17-34(31-24)16-20-21(26)6-4-7-22(20)27/h3-11,17-18H,1,12-16H2,2H3,(H,30,35)/b23-5+/t18-/m1/s1. The lowest BCUT2D eigenvalue weighted by molar-refractivity contribution is 0.0928. The number of nitrogens with one attached hydrogen (secondary N) is 1. The molecule has 0 aliphatic carbocycles. The number of benzene rings is 1. The molecule has 3 aromatic rings. The lowest BCUT2D eigenvalue weighted by atomic mass is 10.1. The summed E-state index contributed by atoms with van der Waals surface area (Å²) in [6.45, 7) is 9.51. The Labute approximate surface area is 214 Å². The second-order valence-corrected chi connectivity index (χ2v) is 8.98. The number of rotatable bonds is 8. The van der Waals surface area contributed by atoms with Gasteiger partial charge in [-0.25, -0.2) is 9.67 Å². The van der Waals surface area contributed by atoms with E-state index in [0.29, 0.717) is 16.6 Å². The molecule has 1 aromatic carbocycles. The average Bonchev–Trinajstić information content (AvgIpc) is 3.34. The van der Waals surface area contributed by atoms with Crippen molar-refractivity contribution in [2.45, 2.75) is 19.5 Å². The zero-order chi connectivity index (χ0) is 24.8. The predicted octanol–water partition coefficient (Wildman–Crippen LogP) is 4.04. The van der Waals surface area contributed by atoms with Gasteiger partial charge < -0.3 is 15.1 Å². The fourth-order valence-electron chi connectivity index (χ4n) is 4.08. The molecule has 1 amide bonds. The molecule has 1 atom stereocenters. The first-order valence-corrected chi connectivity index (χ1v) is 12.1. The molecule has 4 rings (SSSR count). The first kappa shape index (κ1) is 24.8. The molecule has 2 aromatic heterocycles. The van der Waals surface area contributed by atoms with Crippen LogP contribution in [0.15, 0.2) is 73.5 Å². The summed E-state index contributed by atoms with van der Waals surface area (Å²) in [5.74, 6) is -0.271. The molecule has 1 aliphatic rings. The number of halogens is 2. The van der Waals surface area contributed by atoms with Crippen molar-refractivity contribution in [2.24, 2.45) is 0 Å². The van der Waals surface area contributed by atoms with E-state index in [2.05, 4.69) is 36.8 Å². The molecule has 0 saturated carbocycles. The highest BCUT2D eigenvalue weighted by atomic mass is 35.5. The van der Waals surface area contributed by atoms with Crippen molar-refractivity contribution in [1.29, 1.82) is 0 Å². The number of piperazine rings is 1. The minimum Gasteiger partial charge on any atom is -0.370 e. The summed E-state index contributed by atoms with van der Waals surface area (Å²) < 4.78 is 1.55. The molecule has 3 heterocycles. The molecule has 1 aliphatic heterocycles. The Hall–Kier alpha value is -3.36. The van der Waals surface area contributed by atoms with Crippen molar-refractivity contribution in [1.82, 2.24) is 30.0 Å². The van der Waals surface area contributed by atoms with Crippen LogP contribution < -0.4 is 10.2 Å². The van der Waals surface area contributed by atoms with Gasteiger partial charge in [0.15, 0.2) is 0 Å². The molecular formula is C25H27Cl2N7O. The van der Waals surface area contributed by atoms with Crippen LogP contribution >= 0.6 is 23.2 Å². The number of carbonyl (C=O) groups is 1.